The Hall–Kier alpha value is -2.63. The molecule has 0 bridgehead atoms. The van der Waals surface area contributed by atoms with Crippen LogP contribution in [0.15, 0.2) is 36.7 Å². The number of ether oxygens (including phenoxy) is 1. The molecule has 0 unspecified atom stereocenters. The summed E-state index contributed by atoms with van der Waals surface area (Å²) in [4.78, 5) is 22.6. The molecule has 1 N–H and O–H groups in total. The normalized spacial score (nSPS) is 10.6. The monoisotopic (exact) mass is 274 g/mol. The summed E-state index contributed by atoms with van der Waals surface area (Å²) >= 11 is 0. The van der Waals surface area contributed by atoms with E-state index >= 15 is 0 Å². The Kier molecular flexibility index (Phi) is 3.84. The van der Waals surface area contributed by atoms with Crippen molar-refractivity contribution < 1.29 is 19.4 Å². The molecule has 20 heavy (non-hydrogen) atoms. The highest BCUT2D eigenvalue weighted by Gasteiger charge is 2.11. The third-order valence-corrected chi connectivity index (χ3v) is 2.52. The largest absolute Gasteiger partial charge is 0.478 e. The van der Waals surface area contributed by atoms with Gasteiger partial charge in [0.25, 0.3) is 0 Å². The number of benzene rings is 1. The minimum atomic E-state index is -1.05. The third kappa shape index (κ3) is 3.03. The van der Waals surface area contributed by atoms with Crippen molar-refractivity contribution in [2.75, 3.05) is 0 Å². The van der Waals surface area contributed by atoms with E-state index < -0.39 is 11.9 Å². The third-order valence-electron chi connectivity index (χ3n) is 2.52. The molecule has 6 heteroatoms. The fourth-order valence-electron chi connectivity index (χ4n) is 1.63. The number of esters is 1. The first-order valence-corrected chi connectivity index (χ1v) is 6.07. The van der Waals surface area contributed by atoms with Crippen LogP contribution in [0.1, 0.15) is 34.6 Å². The number of carboxylic acid groups (broad SMARTS) is 1. The van der Waals surface area contributed by atoms with Crippen molar-refractivity contribution in [3.05, 3.63) is 47.8 Å². The Bertz CT molecular complexity index is 646. The van der Waals surface area contributed by atoms with Crippen molar-refractivity contribution >= 4 is 11.9 Å². The predicted octanol–water partition coefficient (Wildman–Crippen LogP) is 2.14. The summed E-state index contributed by atoms with van der Waals surface area (Å²) in [6.07, 6.45) is 2.44. The van der Waals surface area contributed by atoms with E-state index in [4.69, 9.17) is 9.84 Å². The second-order valence-electron chi connectivity index (χ2n) is 4.48. The number of carbonyl (C=O) groups excluding carboxylic acids is 1. The molecule has 1 heterocycles. The molecule has 2 rings (SSSR count). The molecule has 104 valence electrons. The Morgan fingerprint density at radius 2 is 2.05 bits per heavy atom. The van der Waals surface area contributed by atoms with Gasteiger partial charge in [-0.1, -0.05) is 6.07 Å². The number of rotatable bonds is 4. The molecule has 1 aromatic heterocycles. The van der Waals surface area contributed by atoms with E-state index in [1.165, 1.54) is 17.1 Å². The number of aromatic carboxylic acids is 1. The summed E-state index contributed by atoms with van der Waals surface area (Å²) in [5.74, 6) is -1.47. The minimum absolute atomic E-state index is 0.0835. The number of hydrogen-bond acceptors (Lipinski definition) is 4. The maximum absolute atomic E-state index is 11.8. The molecule has 0 aliphatic heterocycles. The molecule has 0 radical (unpaired) electrons. The summed E-state index contributed by atoms with van der Waals surface area (Å²) in [6, 6.07) is 6.65. The van der Waals surface area contributed by atoms with Crippen molar-refractivity contribution in [1.82, 2.24) is 9.78 Å². The Morgan fingerprint density at radius 3 is 2.65 bits per heavy atom. The van der Waals surface area contributed by atoms with Crippen LogP contribution in [0.4, 0.5) is 0 Å². The predicted molar refractivity (Wildman–Crippen MR) is 71.1 cm³/mol. The number of hydrogen-bond donors (Lipinski definition) is 1. The van der Waals surface area contributed by atoms with Gasteiger partial charge in [-0.25, -0.2) is 14.3 Å². The SMILES string of the molecule is CC(C)OC(=O)c1cccc(-n2cc(C(=O)O)cn2)c1. The van der Waals surface area contributed by atoms with E-state index in [9.17, 15) is 9.59 Å². The average Bonchev–Trinajstić information content (AvgIpc) is 2.88. The summed E-state index contributed by atoms with van der Waals surface area (Å²) in [5, 5.41) is 12.8. The van der Waals surface area contributed by atoms with Gasteiger partial charge >= 0.3 is 11.9 Å². The van der Waals surface area contributed by atoms with Gasteiger partial charge in [0.05, 0.1) is 29.1 Å². The van der Waals surface area contributed by atoms with Gasteiger partial charge < -0.3 is 9.84 Å². The van der Waals surface area contributed by atoms with Crippen LogP contribution in [0.5, 0.6) is 0 Å². The van der Waals surface area contributed by atoms with Gasteiger partial charge in [0.2, 0.25) is 0 Å². The van der Waals surface area contributed by atoms with Crippen LogP contribution in [-0.4, -0.2) is 32.9 Å². The number of carboxylic acids is 1. The van der Waals surface area contributed by atoms with Crippen LogP contribution in [0.2, 0.25) is 0 Å². The highest BCUT2D eigenvalue weighted by atomic mass is 16.5. The maximum Gasteiger partial charge on any atom is 0.338 e. The lowest BCUT2D eigenvalue weighted by Gasteiger charge is -2.09. The van der Waals surface area contributed by atoms with Crippen molar-refractivity contribution in [1.29, 1.82) is 0 Å². The lowest BCUT2D eigenvalue weighted by Crippen LogP contribution is -2.12. The summed E-state index contributed by atoms with van der Waals surface area (Å²) in [6.45, 7) is 3.54. The van der Waals surface area contributed by atoms with Gasteiger partial charge in [0.1, 0.15) is 0 Å². The van der Waals surface area contributed by atoms with Crippen molar-refractivity contribution in [2.45, 2.75) is 20.0 Å². The number of carbonyl (C=O) groups is 2. The minimum Gasteiger partial charge on any atom is -0.478 e. The molecule has 0 fully saturated rings. The van der Waals surface area contributed by atoms with E-state index in [0.29, 0.717) is 11.3 Å². The van der Waals surface area contributed by atoms with E-state index in [0.717, 1.165) is 0 Å². The lowest BCUT2D eigenvalue weighted by atomic mass is 10.2. The molecular formula is C14H14N2O4. The zero-order valence-electron chi connectivity index (χ0n) is 11.1. The van der Waals surface area contributed by atoms with Gasteiger partial charge in [-0.3, -0.25) is 0 Å². The first-order valence-electron chi connectivity index (χ1n) is 6.07. The summed E-state index contributed by atoms with van der Waals surface area (Å²) in [5.41, 5.74) is 1.07. The van der Waals surface area contributed by atoms with Crippen molar-refractivity contribution in [3.8, 4) is 5.69 Å². The quantitative estimate of drug-likeness (QED) is 0.864. The van der Waals surface area contributed by atoms with Crippen LogP contribution in [-0.2, 0) is 4.74 Å². The smallest absolute Gasteiger partial charge is 0.338 e. The van der Waals surface area contributed by atoms with E-state index in [1.54, 1.807) is 38.1 Å². The van der Waals surface area contributed by atoms with Gasteiger partial charge in [0.15, 0.2) is 0 Å². The van der Waals surface area contributed by atoms with E-state index in [1.807, 2.05) is 0 Å². The van der Waals surface area contributed by atoms with Gasteiger partial charge in [-0.2, -0.15) is 5.10 Å². The fourth-order valence-corrected chi connectivity index (χ4v) is 1.63. The molecule has 0 aliphatic carbocycles. The number of nitrogens with zero attached hydrogens (tertiary/aromatic N) is 2. The first-order chi connectivity index (χ1) is 9.47. The maximum atomic E-state index is 11.8. The van der Waals surface area contributed by atoms with E-state index in [2.05, 4.69) is 5.10 Å². The molecule has 0 amide bonds. The fraction of sp³-hybridized carbons (Fsp3) is 0.214. The van der Waals surface area contributed by atoms with Crippen LogP contribution < -0.4 is 0 Å². The molecule has 0 spiro atoms. The van der Waals surface area contributed by atoms with Gasteiger partial charge in [-0.15, -0.1) is 0 Å². The lowest BCUT2D eigenvalue weighted by molar-refractivity contribution is 0.0377. The van der Waals surface area contributed by atoms with Crippen molar-refractivity contribution in [2.24, 2.45) is 0 Å². The van der Waals surface area contributed by atoms with Gasteiger partial charge in [-0.05, 0) is 32.0 Å². The van der Waals surface area contributed by atoms with Crippen molar-refractivity contribution in [3.63, 3.8) is 0 Å². The molecule has 2 aromatic rings. The molecular weight excluding hydrogens is 260 g/mol. The molecule has 0 atom stereocenters. The molecule has 0 saturated heterocycles. The number of aromatic nitrogens is 2. The van der Waals surface area contributed by atoms with Crippen LogP contribution in [0.3, 0.4) is 0 Å². The van der Waals surface area contributed by atoms with Crippen LogP contribution in [0.25, 0.3) is 5.69 Å². The molecule has 1 aromatic carbocycles. The zero-order chi connectivity index (χ0) is 14.7. The van der Waals surface area contributed by atoms with Gasteiger partial charge in [0, 0.05) is 6.20 Å². The molecule has 0 aliphatic rings. The second-order valence-corrected chi connectivity index (χ2v) is 4.48. The summed E-state index contributed by atoms with van der Waals surface area (Å²) < 4.78 is 6.51. The molecule has 0 saturated carbocycles. The van der Waals surface area contributed by atoms with Crippen LogP contribution in [0, 0.1) is 0 Å². The first kappa shape index (κ1) is 13.8. The summed E-state index contributed by atoms with van der Waals surface area (Å²) in [7, 11) is 0. The second kappa shape index (κ2) is 5.56. The van der Waals surface area contributed by atoms with Crippen LogP contribution >= 0.6 is 0 Å². The topological polar surface area (TPSA) is 81.4 Å². The average molecular weight is 274 g/mol. The standard InChI is InChI=1S/C14H14N2O4/c1-9(2)20-14(19)10-4-3-5-12(6-10)16-8-11(7-15-16)13(17)18/h3-9H,1-2H3,(H,17,18). The van der Waals surface area contributed by atoms with E-state index in [-0.39, 0.29) is 11.7 Å². The zero-order valence-corrected chi connectivity index (χ0v) is 11.1. The highest BCUT2D eigenvalue weighted by molar-refractivity contribution is 5.90. The molecule has 6 nitrogen and oxygen atoms in total. The highest BCUT2D eigenvalue weighted by Crippen LogP contribution is 2.12. The Morgan fingerprint density at radius 1 is 1.30 bits per heavy atom. The Labute approximate surface area is 115 Å². The Balaban J connectivity index is 2.29.